The van der Waals surface area contributed by atoms with Crippen LogP contribution in [0.4, 0.5) is 0 Å². The number of tetrazole rings is 1. The number of fused-ring (bicyclic) bond motifs is 1. The van der Waals surface area contributed by atoms with Gasteiger partial charge in [0.25, 0.3) is 5.56 Å². The molecule has 33 heavy (non-hydrogen) atoms. The minimum Gasteiger partial charge on any atom is -0.465 e. The van der Waals surface area contributed by atoms with Crippen LogP contribution in [-0.4, -0.2) is 61.9 Å². The molecule has 2 aromatic heterocycles. The second-order valence-corrected chi connectivity index (χ2v) is 8.53. The van der Waals surface area contributed by atoms with Crippen molar-refractivity contribution >= 4 is 16.9 Å². The van der Waals surface area contributed by atoms with Gasteiger partial charge in [-0.25, -0.2) is 4.68 Å². The molecular formula is C23H30N6O4. The first-order chi connectivity index (χ1) is 15.9. The number of H-pyrrole nitrogens is 1. The number of carbonyl (C=O) groups excluding carboxylic acids is 1. The topological polar surface area (TPSA) is 115 Å². The van der Waals surface area contributed by atoms with Gasteiger partial charge < -0.3 is 14.5 Å². The smallest absolute Gasteiger partial charge is 0.327 e. The van der Waals surface area contributed by atoms with E-state index in [4.69, 9.17) is 9.47 Å². The Labute approximate surface area is 191 Å². The number of benzene rings is 1. The molecule has 1 aliphatic rings. The SMILES string of the molecule is CCOC(=O)Cn1nnnc1CN(Cc1cc2c(C)cc(C)cc2[nH]c1=O)C[C@H]1CCCO1. The van der Waals surface area contributed by atoms with E-state index in [1.54, 1.807) is 6.92 Å². The van der Waals surface area contributed by atoms with E-state index in [0.29, 0.717) is 37.6 Å². The Hall–Kier alpha value is -3.11. The number of ether oxygens (including phenoxy) is 2. The van der Waals surface area contributed by atoms with Crippen LogP contribution in [-0.2, 0) is 33.9 Å². The van der Waals surface area contributed by atoms with Crippen molar-refractivity contribution < 1.29 is 14.3 Å². The molecule has 1 fully saturated rings. The van der Waals surface area contributed by atoms with Crippen LogP contribution in [0.15, 0.2) is 23.0 Å². The molecule has 1 atom stereocenters. The third kappa shape index (κ3) is 5.63. The van der Waals surface area contributed by atoms with Crippen molar-refractivity contribution in [3.05, 3.63) is 51.1 Å². The van der Waals surface area contributed by atoms with Gasteiger partial charge >= 0.3 is 5.97 Å². The summed E-state index contributed by atoms with van der Waals surface area (Å²) in [6.45, 7) is 8.22. The van der Waals surface area contributed by atoms with Gasteiger partial charge in [0.15, 0.2) is 5.82 Å². The predicted octanol–water partition coefficient (Wildman–Crippen LogP) is 1.88. The highest BCUT2D eigenvalue weighted by Crippen LogP contribution is 2.20. The molecule has 1 saturated heterocycles. The van der Waals surface area contributed by atoms with Crippen LogP contribution in [0.1, 0.15) is 42.3 Å². The first-order valence-corrected chi connectivity index (χ1v) is 11.3. The number of aromatic nitrogens is 5. The Morgan fingerprint density at radius 2 is 2.15 bits per heavy atom. The first-order valence-electron chi connectivity index (χ1n) is 11.3. The van der Waals surface area contributed by atoms with Crippen molar-refractivity contribution in [1.29, 1.82) is 0 Å². The number of esters is 1. The first kappa shape index (κ1) is 23.1. The number of hydrogen-bond acceptors (Lipinski definition) is 8. The summed E-state index contributed by atoms with van der Waals surface area (Å²) in [5, 5.41) is 12.8. The summed E-state index contributed by atoms with van der Waals surface area (Å²) < 4.78 is 12.3. The number of hydrogen-bond donors (Lipinski definition) is 1. The molecule has 0 radical (unpaired) electrons. The molecule has 0 aliphatic carbocycles. The lowest BCUT2D eigenvalue weighted by atomic mass is 10.0. The van der Waals surface area contributed by atoms with E-state index in [0.717, 1.165) is 41.5 Å². The summed E-state index contributed by atoms with van der Waals surface area (Å²) in [7, 11) is 0. The van der Waals surface area contributed by atoms with Gasteiger partial charge in [-0.3, -0.25) is 14.5 Å². The van der Waals surface area contributed by atoms with Crippen molar-refractivity contribution in [2.24, 2.45) is 0 Å². The minimum absolute atomic E-state index is 0.0565. The molecule has 1 aliphatic heterocycles. The summed E-state index contributed by atoms with van der Waals surface area (Å²) in [5.74, 6) is 0.138. The summed E-state index contributed by atoms with van der Waals surface area (Å²) in [4.78, 5) is 30.0. The highest BCUT2D eigenvalue weighted by atomic mass is 16.5. The van der Waals surface area contributed by atoms with Crippen molar-refractivity contribution in [2.45, 2.75) is 59.4 Å². The average molecular weight is 455 g/mol. The van der Waals surface area contributed by atoms with E-state index in [1.165, 1.54) is 4.68 Å². The van der Waals surface area contributed by atoms with E-state index in [9.17, 15) is 9.59 Å². The Balaban J connectivity index is 1.59. The highest BCUT2D eigenvalue weighted by molar-refractivity contribution is 5.83. The zero-order valence-electron chi connectivity index (χ0n) is 19.3. The number of carbonyl (C=O) groups is 1. The standard InChI is InChI=1S/C23H30N6O4/c1-4-32-22(30)14-29-21(25-26-27-29)13-28(12-18-6-5-7-33-18)11-17-10-19-16(3)8-15(2)9-20(19)24-23(17)31/h8-10,18H,4-7,11-14H2,1-3H3,(H,24,31)/t18-/m1/s1. The maximum atomic E-state index is 12.9. The number of aryl methyl sites for hydroxylation is 2. The maximum absolute atomic E-state index is 12.9. The van der Waals surface area contributed by atoms with Crippen LogP contribution in [0.5, 0.6) is 0 Å². The molecule has 0 bridgehead atoms. The van der Waals surface area contributed by atoms with E-state index in [-0.39, 0.29) is 18.2 Å². The Bertz CT molecular complexity index is 1180. The number of nitrogens with zero attached hydrogens (tertiary/aromatic N) is 5. The summed E-state index contributed by atoms with van der Waals surface area (Å²) in [6, 6.07) is 6.06. The molecule has 176 valence electrons. The largest absolute Gasteiger partial charge is 0.465 e. The van der Waals surface area contributed by atoms with Crippen molar-refractivity contribution in [1.82, 2.24) is 30.1 Å². The third-order valence-corrected chi connectivity index (χ3v) is 5.82. The Morgan fingerprint density at radius 3 is 2.91 bits per heavy atom. The summed E-state index contributed by atoms with van der Waals surface area (Å²) >= 11 is 0. The monoisotopic (exact) mass is 454 g/mol. The van der Waals surface area contributed by atoms with Gasteiger partial charge in [-0.05, 0) is 67.3 Å². The molecule has 0 saturated carbocycles. The molecule has 10 nitrogen and oxygen atoms in total. The van der Waals surface area contributed by atoms with Gasteiger partial charge in [0, 0.05) is 36.2 Å². The lowest BCUT2D eigenvalue weighted by molar-refractivity contribution is -0.144. The van der Waals surface area contributed by atoms with Crippen LogP contribution in [0.25, 0.3) is 10.9 Å². The second kappa shape index (κ2) is 10.2. The lowest BCUT2D eigenvalue weighted by Crippen LogP contribution is -2.34. The van der Waals surface area contributed by atoms with Gasteiger partial charge in [-0.15, -0.1) is 5.10 Å². The highest BCUT2D eigenvalue weighted by Gasteiger charge is 2.23. The van der Waals surface area contributed by atoms with E-state index >= 15 is 0 Å². The number of pyridine rings is 1. The van der Waals surface area contributed by atoms with Crippen LogP contribution in [0, 0.1) is 13.8 Å². The fourth-order valence-corrected chi connectivity index (χ4v) is 4.32. The molecule has 10 heteroatoms. The molecule has 1 aromatic carbocycles. The van der Waals surface area contributed by atoms with Gasteiger partial charge in [-0.2, -0.15) is 0 Å². The zero-order chi connectivity index (χ0) is 23.4. The number of rotatable bonds is 9. The molecule has 3 aromatic rings. The molecule has 4 rings (SSSR count). The average Bonchev–Trinajstić information content (AvgIpc) is 3.41. The van der Waals surface area contributed by atoms with Crippen molar-refractivity contribution in [3.8, 4) is 0 Å². The van der Waals surface area contributed by atoms with Crippen LogP contribution in [0.3, 0.4) is 0 Å². The molecular weight excluding hydrogens is 424 g/mol. The zero-order valence-corrected chi connectivity index (χ0v) is 19.3. The molecule has 1 N–H and O–H groups in total. The second-order valence-electron chi connectivity index (χ2n) is 8.53. The van der Waals surface area contributed by atoms with Gasteiger partial charge in [0.05, 0.1) is 19.3 Å². The molecule has 0 unspecified atom stereocenters. The lowest BCUT2D eigenvalue weighted by Gasteiger charge is -2.24. The quantitative estimate of drug-likeness (QED) is 0.487. The third-order valence-electron chi connectivity index (χ3n) is 5.82. The molecule has 0 spiro atoms. The van der Waals surface area contributed by atoms with Gasteiger partial charge in [0.2, 0.25) is 0 Å². The fourth-order valence-electron chi connectivity index (χ4n) is 4.32. The molecule has 0 amide bonds. The maximum Gasteiger partial charge on any atom is 0.327 e. The summed E-state index contributed by atoms with van der Waals surface area (Å²) in [6.07, 6.45) is 2.08. The Kier molecular flexibility index (Phi) is 7.14. The Morgan fingerprint density at radius 1 is 1.30 bits per heavy atom. The van der Waals surface area contributed by atoms with E-state index < -0.39 is 5.97 Å². The van der Waals surface area contributed by atoms with Crippen LogP contribution >= 0.6 is 0 Å². The van der Waals surface area contributed by atoms with Crippen molar-refractivity contribution in [2.75, 3.05) is 19.8 Å². The van der Waals surface area contributed by atoms with Crippen molar-refractivity contribution in [3.63, 3.8) is 0 Å². The van der Waals surface area contributed by atoms with E-state index in [2.05, 4.69) is 31.5 Å². The summed E-state index contributed by atoms with van der Waals surface area (Å²) in [5.41, 5.74) is 3.61. The van der Waals surface area contributed by atoms with Gasteiger partial charge in [0.1, 0.15) is 6.54 Å². The fraction of sp³-hybridized carbons (Fsp3) is 0.522. The van der Waals surface area contributed by atoms with Crippen LogP contribution in [0.2, 0.25) is 0 Å². The molecule has 3 heterocycles. The number of nitrogens with one attached hydrogen (secondary N) is 1. The van der Waals surface area contributed by atoms with E-state index in [1.807, 2.05) is 26.0 Å². The number of aromatic amines is 1. The predicted molar refractivity (Wildman–Crippen MR) is 122 cm³/mol. The minimum atomic E-state index is -0.395. The normalized spacial score (nSPS) is 16.1. The van der Waals surface area contributed by atoms with Crippen LogP contribution < -0.4 is 5.56 Å². The van der Waals surface area contributed by atoms with Gasteiger partial charge in [-0.1, -0.05) is 6.07 Å².